The van der Waals surface area contributed by atoms with Crippen molar-refractivity contribution in [2.24, 2.45) is 0 Å². The van der Waals surface area contributed by atoms with E-state index >= 15 is 0 Å². The van der Waals surface area contributed by atoms with Crippen LogP contribution in [0.1, 0.15) is 22.6 Å². The SMILES string of the molecule is Brc1cc2c(c3ccccc13)OC(c1ccccc1)=CC2c1ccccc1. The first-order valence-electron chi connectivity index (χ1n) is 9.02. The van der Waals surface area contributed by atoms with Gasteiger partial charge in [0.05, 0.1) is 0 Å². The molecule has 1 atom stereocenters. The summed E-state index contributed by atoms with van der Waals surface area (Å²) in [5.74, 6) is 2.00. The van der Waals surface area contributed by atoms with Gasteiger partial charge >= 0.3 is 0 Å². The first-order chi connectivity index (χ1) is 13.3. The van der Waals surface area contributed by atoms with Crippen LogP contribution < -0.4 is 4.74 Å². The van der Waals surface area contributed by atoms with Gasteiger partial charge in [0.25, 0.3) is 0 Å². The number of fused-ring (bicyclic) bond motifs is 3. The van der Waals surface area contributed by atoms with Gasteiger partial charge in [-0.15, -0.1) is 0 Å². The van der Waals surface area contributed by atoms with Gasteiger partial charge in [0, 0.05) is 26.9 Å². The minimum absolute atomic E-state index is 0.145. The normalized spacial score (nSPS) is 15.7. The highest BCUT2D eigenvalue weighted by Crippen LogP contribution is 2.46. The molecule has 0 spiro atoms. The van der Waals surface area contributed by atoms with Crippen LogP contribution in [0, 0.1) is 0 Å². The molecule has 0 bridgehead atoms. The molecule has 27 heavy (non-hydrogen) atoms. The molecule has 1 nitrogen and oxygen atoms in total. The zero-order valence-electron chi connectivity index (χ0n) is 14.6. The van der Waals surface area contributed by atoms with Crippen molar-refractivity contribution in [2.45, 2.75) is 5.92 Å². The smallest absolute Gasteiger partial charge is 0.139 e. The third-order valence-electron chi connectivity index (χ3n) is 5.06. The lowest BCUT2D eigenvalue weighted by Crippen LogP contribution is -2.11. The Balaban J connectivity index is 1.78. The van der Waals surface area contributed by atoms with E-state index in [-0.39, 0.29) is 5.92 Å². The molecule has 0 aliphatic carbocycles. The van der Waals surface area contributed by atoms with Crippen LogP contribution in [0.15, 0.2) is 102 Å². The van der Waals surface area contributed by atoms with Gasteiger partial charge in [0.15, 0.2) is 0 Å². The molecular weight excluding hydrogens is 396 g/mol. The molecule has 0 fully saturated rings. The van der Waals surface area contributed by atoms with Gasteiger partial charge in [-0.1, -0.05) is 101 Å². The van der Waals surface area contributed by atoms with E-state index in [1.54, 1.807) is 0 Å². The first-order valence-corrected chi connectivity index (χ1v) is 9.82. The molecule has 0 amide bonds. The lowest BCUT2D eigenvalue weighted by Gasteiger charge is -2.27. The third kappa shape index (κ3) is 2.87. The van der Waals surface area contributed by atoms with Gasteiger partial charge in [-0.05, 0) is 23.1 Å². The van der Waals surface area contributed by atoms with E-state index < -0.39 is 0 Å². The standard InChI is InChI=1S/C25H17BrO/c26-23-15-22-21(17-9-3-1-4-10-17)16-24(18-11-5-2-6-12-18)27-25(22)20-14-8-7-13-19(20)23/h1-16,21H. The van der Waals surface area contributed by atoms with E-state index in [9.17, 15) is 0 Å². The van der Waals surface area contributed by atoms with Crippen LogP contribution in [0.2, 0.25) is 0 Å². The molecular formula is C25H17BrO. The predicted molar refractivity (Wildman–Crippen MR) is 115 cm³/mol. The zero-order chi connectivity index (χ0) is 18.2. The minimum Gasteiger partial charge on any atom is -0.456 e. The van der Waals surface area contributed by atoms with Gasteiger partial charge in [-0.25, -0.2) is 0 Å². The lowest BCUT2D eigenvalue weighted by atomic mass is 9.86. The van der Waals surface area contributed by atoms with Crippen molar-refractivity contribution < 1.29 is 4.74 Å². The molecule has 1 aliphatic rings. The van der Waals surface area contributed by atoms with Crippen molar-refractivity contribution in [3.05, 3.63) is 118 Å². The molecule has 0 saturated heterocycles. The highest BCUT2D eigenvalue weighted by molar-refractivity contribution is 9.10. The Morgan fingerprint density at radius 1 is 0.704 bits per heavy atom. The summed E-state index contributed by atoms with van der Waals surface area (Å²) in [7, 11) is 0. The van der Waals surface area contributed by atoms with Crippen molar-refractivity contribution >= 4 is 32.5 Å². The second-order valence-electron chi connectivity index (χ2n) is 6.71. The molecule has 130 valence electrons. The molecule has 4 aromatic rings. The summed E-state index contributed by atoms with van der Waals surface area (Å²) in [5.41, 5.74) is 3.54. The fraction of sp³-hybridized carbons (Fsp3) is 0.0400. The van der Waals surface area contributed by atoms with Gasteiger partial charge in [-0.3, -0.25) is 0 Å². The molecule has 1 aliphatic heterocycles. The molecule has 1 unspecified atom stereocenters. The molecule has 1 heterocycles. The Bertz CT molecular complexity index is 1150. The molecule has 4 aromatic carbocycles. The van der Waals surface area contributed by atoms with Crippen LogP contribution in [0.25, 0.3) is 16.5 Å². The Hall–Kier alpha value is -2.84. The first kappa shape index (κ1) is 16.3. The molecule has 0 N–H and O–H groups in total. The maximum Gasteiger partial charge on any atom is 0.139 e. The number of benzene rings is 4. The van der Waals surface area contributed by atoms with Crippen LogP contribution in [-0.4, -0.2) is 0 Å². The van der Waals surface area contributed by atoms with Crippen LogP contribution >= 0.6 is 15.9 Å². The van der Waals surface area contributed by atoms with Crippen LogP contribution in [0.3, 0.4) is 0 Å². The maximum absolute atomic E-state index is 6.48. The second-order valence-corrected chi connectivity index (χ2v) is 7.56. The molecule has 0 saturated carbocycles. The van der Waals surface area contributed by atoms with Crippen molar-refractivity contribution in [3.8, 4) is 5.75 Å². The molecule has 5 rings (SSSR count). The fourth-order valence-electron chi connectivity index (χ4n) is 3.75. The third-order valence-corrected chi connectivity index (χ3v) is 5.71. The maximum atomic E-state index is 6.48. The Labute approximate surface area is 167 Å². The predicted octanol–water partition coefficient (Wildman–Crippen LogP) is 7.17. The molecule has 0 radical (unpaired) electrons. The summed E-state index contributed by atoms with van der Waals surface area (Å²) in [6.07, 6.45) is 2.23. The fourth-order valence-corrected chi connectivity index (χ4v) is 4.34. The number of hydrogen-bond acceptors (Lipinski definition) is 1. The van der Waals surface area contributed by atoms with Gasteiger partial charge in [-0.2, -0.15) is 0 Å². The molecule has 2 heteroatoms. The lowest BCUT2D eigenvalue weighted by molar-refractivity contribution is 0.498. The number of allylic oxidation sites excluding steroid dienone is 1. The highest BCUT2D eigenvalue weighted by atomic mass is 79.9. The van der Waals surface area contributed by atoms with Crippen LogP contribution in [0.5, 0.6) is 5.75 Å². The highest BCUT2D eigenvalue weighted by Gasteiger charge is 2.26. The van der Waals surface area contributed by atoms with Crippen molar-refractivity contribution in [1.29, 1.82) is 0 Å². The van der Waals surface area contributed by atoms with Gasteiger partial charge in [0.2, 0.25) is 0 Å². The summed E-state index contributed by atoms with van der Waals surface area (Å²) in [6.45, 7) is 0. The van der Waals surface area contributed by atoms with Crippen LogP contribution in [-0.2, 0) is 0 Å². The van der Waals surface area contributed by atoms with Crippen LogP contribution in [0.4, 0.5) is 0 Å². The monoisotopic (exact) mass is 412 g/mol. The number of hydrogen-bond donors (Lipinski definition) is 0. The number of ether oxygens (including phenoxy) is 1. The number of halogens is 1. The quantitative estimate of drug-likeness (QED) is 0.339. The molecule has 0 aromatic heterocycles. The topological polar surface area (TPSA) is 9.23 Å². The van der Waals surface area contributed by atoms with Gasteiger partial charge in [0.1, 0.15) is 11.5 Å². The van der Waals surface area contributed by atoms with Crippen molar-refractivity contribution in [2.75, 3.05) is 0 Å². The second kappa shape index (κ2) is 6.71. The summed E-state index contributed by atoms with van der Waals surface area (Å²) >= 11 is 3.76. The largest absolute Gasteiger partial charge is 0.456 e. The Morgan fingerprint density at radius 3 is 2.07 bits per heavy atom. The van der Waals surface area contributed by atoms with E-state index in [2.05, 4.69) is 94.8 Å². The average molecular weight is 413 g/mol. The van der Waals surface area contributed by atoms with Gasteiger partial charge < -0.3 is 4.74 Å². The summed E-state index contributed by atoms with van der Waals surface area (Å²) in [5, 5.41) is 2.29. The number of rotatable bonds is 2. The van der Waals surface area contributed by atoms with E-state index in [0.717, 1.165) is 32.3 Å². The average Bonchev–Trinajstić information content (AvgIpc) is 2.75. The van der Waals surface area contributed by atoms with E-state index in [0.29, 0.717) is 0 Å². The Kier molecular flexibility index (Phi) is 4.06. The van der Waals surface area contributed by atoms with E-state index in [1.165, 1.54) is 11.1 Å². The minimum atomic E-state index is 0.145. The van der Waals surface area contributed by atoms with Crippen molar-refractivity contribution in [1.82, 2.24) is 0 Å². The zero-order valence-corrected chi connectivity index (χ0v) is 16.2. The summed E-state index contributed by atoms with van der Waals surface area (Å²) < 4.78 is 7.57. The van der Waals surface area contributed by atoms with Crippen molar-refractivity contribution in [3.63, 3.8) is 0 Å². The van der Waals surface area contributed by atoms with E-state index in [1.807, 2.05) is 18.2 Å². The Morgan fingerprint density at radius 2 is 1.33 bits per heavy atom. The summed E-state index contributed by atoms with van der Waals surface area (Å²) in [4.78, 5) is 0. The summed E-state index contributed by atoms with van der Waals surface area (Å²) in [6, 6.07) is 31.5. The van der Waals surface area contributed by atoms with E-state index in [4.69, 9.17) is 4.74 Å².